The summed E-state index contributed by atoms with van der Waals surface area (Å²) in [4.78, 5) is 34.8. The van der Waals surface area contributed by atoms with Crippen molar-refractivity contribution in [3.63, 3.8) is 0 Å². The highest BCUT2D eigenvalue weighted by atomic mass is 19.4. The SMILES string of the molecule is Cc1c(C(=O)N2CCN(CC(F)(F)F)CC2)cnn1-c1nc2c(c(=O)[nH]1)COC2. The molecule has 2 aromatic rings. The van der Waals surface area contributed by atoms with Gasteiger partial charge in [-0.25, -0.2) is 9.67 Å². The van der Waals surface area contributed by atoms with E-state index < -0.39 is 12.7 Å². The molecule has 2 aliphatic rings. The molecule has 1 fully saturated rings. The van der Waals surface area contributed by atoms with Crippen molar-refractivity contribution in [2.24, 2.45) is 0 Å². The summed E-state index contributed by atoms with van der Waals surface area (Å²) in [6.07, 6.45) is -2.88. The van der Waals surface area contributed by atoms with Crippen LogP contribution < -0.4 is 5.56 Å². The maximum absolute atomic E-state index is 12.8. The second-order valence-electron chi connectivity index (χ2n) is 7.05. The molecular formula is C17H19F3N6O3. The summed E-state index contributed by atoms with van der Waals surface area (Å²) in [5.41, 5.74) is 1.49. The van der Waals surface area contributed by atoms with Crippen molar-refractivity contribution in [2.75, 3.05) is 32.7 Å². The zero-order valence-electron chi connectivity index (χ0n) is 15.6. The van der Waals surface area contributed by atoms with Crippen LogP contribution in [0.3, 0.4) is 0 Å². The predicted molar refractivity (Wildman–Crippen MR) is 93.6 cm³/mol. The maximum Gasteiger partial charge on any atom is 0.401 e. The fraction of sp³-hybridized carbons (Fsp3) is 0.529. The van der Waals surface area contributed by atoms with E-state index in [1.807, 2.05) is 0 Å². The molecule has 4 heterocycles. The molecule has 2 aliphatic heterocycles. The largest absolute Gasteiger partial charge is 0.401 e. The van der Waals surface area contributed by atoms with Crippen LogP contribution in [0, 0.1) is 6.92 Å². The number of H-pyrrole nitrogens is 1. The number of aromatic nitrogens is 4. The number of halogens is 3. The number of amides is 1. The van der Waals surface area contributed by atoms with Crippen molar-refractivity contribution in [3.05, 3.63) is 39.1 Å². The monoisotopic (exact) mass is 412 g/mol. The first-order valence-electron chi connectivity index (χ1n) is 9.06. The number of hydrogen-bond donors (Lipinski definition) is 1. The van der Waals surface area contributed by atoms with Crippen LogP contribution in [0.5, 0.6) is 0 Å². The molecule has 29 heavy (non-hydrogen) atoms. The summed E-state index contributed by atoms with van der Waals surface area (Å²) in [6.45, 7) is 1.84. The van der Waals surface area contributed by atoms with Crippen LogP contribution in [-0.4, -0.2) is 74.4 Å². The lowest BCUT2D eigenvalue weighted by Crippen LogP contribution is -2.51. The van der Waals surface area contributed by atoms with Crippen molar-refractivity contribution in [1.29, 1.82) is 0 Å². The molecule has 0 bridgehead atoms. The van der Waals surface area contributed by atoms with Gasteiger partial charge in [0.25, 0.3) is 11.5 Å². The Balaban J connectivity index is 1.50. The Bertz CT molecular complexity index is 991. The highest BCUT2D eigenvalue weighted by Crippen LogP contribution is 2.20. The number of nitrogens with one attached hydrogen (secondary N) is 1. The van der Waals surface area contributed by atoms with Gasteiger partial charge in [-0.05, 0) is 6.92 Å². The average Bonchev–Trinajstić information content (AvgIpc) is 3.27. The van der Waals surface area contributed by atoms with Gasteiger partial charge < -0.3 is 9.64 Å². The Morgan fingerprint density at radius 2 is 1.97 bits per heavy atom. The van der Waals surface area contributed by atoms with Gasteiger partial charge in [-0.15, -0.1) is 0 Å². The predicted octanol–water partition coefficient (Wildman–Crippen LogP) is 0.614. The first-order valence-corrected chi connectivity index (χ1v) is 9.06. The van der Waals surface area contributed by atoms with Crippen LogP contribution in [0.2, 0.25) is 0 Å². The third-order valence-electron chi connectivity index (χ3n) is 5.08. The molecule has 0 radical (unpaired) electrons. The van der Waals surface area contributed by atoms with Crippen LogP contribution in [0.15, 0.2) is 11.0 Å². The molecule has 1 amide bonds. The van der Waals surface area contributed by atoms with Crippen LogP contribution in [-0.2, 0) is 18.0 Å². The Morgan fingerprint density at radius 3 is 2.66 bits per heavy atom. The van der Waals surface area contributed by atoms with Crippen molar-refractivity contribution in [1.82, 2.24) is 29.5 Å². The number of nitrogens with zero attached hydrogens (tertiary/aromatic N) is 5. The molecule has 9 nitrogen and oxygen atoms in total. The molecule has 2 aromatic heterocycles. The van der Waals surface area contributed by atoms with Gasteiger partial charge in [-0.2, -0.15) is 18.3 Å². The molecule has 156 valence electrons. The fourth-order valence-corrected chi connectivity index (χ4v) is 3.52. The number of hydrogen-bond acceptors (Lipinski definition) is 6. The summed E-state index contributed by atoms with van der Waals surface area (Å²) in [7, 11) is 0. The second kappa shape index (κ2) is 7.26. The lowest BCUT2D eigenvalue weighted by atomic mass is 10.2. The molecule has 4 rings (SSSR count). The molecular weight excluding hydrogens is 393 g/mol. The third kappa shape index (κ3) is 3.90. The molecule has 0 aromatic carbocycles. The minimum atomic E-state index is -4.26. The van der Waals surface area contributed by atoms with E-state index in [0.717, 1.165) is 0 Å². The van der Waals surface area contributed by atoms with Crippen molar-refractivity contribution >= 4 is 5.91 Å². The molecule has 0 atom stereocenters. The summed E-state index contributed by atoms with van der Waals surface area (Å²) in [5.74, 6) is -0.127. The van der Waals surface area contributed by atoms with Gasteiger partial charge in [0.15, 0.2) is 0 Å². The van der Waals surface area contributed by atoms with Gasteiger partial charge in [-0.3, -0.25) is 19.5 Å². The lowest BCUT2D eigenvalue weighted by Gasteiger charge is -2.34. The van der Waals surface area contributed by atoms with E-state index in [4.69, 9.17) is 4.74 Å². The van der Waals surface area contributed by atoms with Crippen LogP contribution >= 0.6 is 0 Å². The van der Waals surface area contributed by atoms with Gasteiger partial charge >= 0.3 is 6.18 Å². The van der Waals surface area contributed by atoms with E-state index in [1.54, 1.807) is 6.92 Å². The van der Waals surface area contributed by atoms with E-state index in [0.29, 0.717) is 22.5 Å². The Labute approximate surface area is 163 Å². The Hall–Kier alpha value is -2.73. The van der Waals surface area contributed by atoms with Crippen molar-refractivity contribution < 1.29 is 22.7 Å². The smallest absolute Gasteiger partial charge is 0.370 e. The summed E-state index contributed by atoms with van der Waals surface area (Å²) in [6, 6.07) is 0. The molecule has 0 saturated carbocycles. The number of alkyl halides is 3. The molecule has 0 spiro atoms. The van der Waals surface area contributed by atoms with Gasteiger partial charge in [0.1, 0.15) is 0 Å². The molecule has 1 N–H and O–H groups in total. The zero-order valence-corrected chi connectivity index (χ0v) is 15.6. The normalized spacial score (nSPS) is 17.6. The minimum Gasteiger partial charge on any atom is -0.370 e. The van der Waals surface area contributed by atoms with Gasteiger partial charge in [0, 0.05) is 26.2 Å². The van der Waals surface area contributed by atoms with Crippen LogP contribution in [0.1, 0.15) is 27.3 Å². The summed E-state index contributed by atoms with van der Waals surface area (Å²) >= 11 is 0. The maximum atomic E-state index is 12.8. The fourth-order valence-electron chi connectivity index (χ4n) is 3.52. The van der Waals surface area contributed by atoms with E-state index >= 15 is 0 Å². The molecule has 0 unspecified atom stereocenters. The quantitative estimate of drug-likeness (QED) is 0.794. The van der Waals surface area contributed by atoms with E-state index in [-0.39, 0.29) is 56.8 Å². The van der Waals surface area contributed by atoms with Gasteiger partial charge in [-0.1, -0.05) is 0 Å². The Kier molecular flexibility index (Phi) is 4.90. The average molecular weight is 412 g/mol. The number of ether oxygens (including phenoxy) is 1. The van der Waals surface area contributed by atoms with Gasteiger partial charge in [0.05, 0.1) is 48.5 Å². The van der Waals surface area contributed by atoms with Crippen molar-refractivity contribution in [2.45, 2.75) is 26.3 Å². The number of piperazine rings is 1. The number of aromatic amines is 1. The lowest BCUT2D eigenvalue weighted by molar-refractivity contribution is -0.148. The van der Waals surface area contributed by atoms with E-state index in [1.165, 1.54) is 20.7 Å². The first kappa shape index (κ1) is 19.6. The highest BCUT2D eigenvalue weighted by molar-refractivity contribution is 5.95. The van der Waals surface area contributed by atoms with Gasteiger partial charge in [0.2, 0.25) is 5.95 Å². The molecule has 12 heteroatoms. The zero-order chi connectivity index (χ0) is 20.8. The molecule has 1 saturated heterocycles. The standard InChI is InChI=1S/C17H19F3N6O3/c1-10-11(15(28)25-4-2-24(3-5-25)9-17(18,19)20)6-21-26(10)16-22-13-8-29-7-12(13)14(27)23-16/h6H,2-5,7-9H2,1H3,(H,22,23,27). The highest BCUT2D eigenvalue weighted by Gasteiger charge is 2.33. The van der Waals surface area contributed by atoms with E-state index in [2.05, 4.69) is 15.1 Å². The number of carbonyl (C=O) groups is 1. The minimum absolute atomic E-state index is 0.151. The van der Waals surface area contributed by atoms with Crippen LogP contribution in [0.4, 0.5) is 13.2 Å². The number of rotatable bonds is 3. The molecule has 0 aliphatic carbocycles. The summed E-state index contributed by atoms with van der Waals surface area (Å²) in [5, 5.41) is 4.17. The summed E-state index contributed by atoms with van der Waals surface area (Å²) < 4.78 is 44.1. The van der Waals surface area contributed by atoms with E-state index in [9.17, 15) is 22.8 Å². The second-order valence-corrected chi connectivity index (χ2v) is 7.05. The Morgan fingerprint density at radius 1 is 1.24 bits per heavy atom. The number of fused-ring (bicyclic) bond motifs is 1. The topological polar surface area (TPSA) is 96.4 Å². The van der Waals surface area contributed by atoms with Crippen LogP contribution in [0.25, 0.3) is 5.95 Å². The third-order valence-corrected chi connectivity index (χ3v) is 5.08. The van der Waals surface area contributed by atoms with Crippen molar-refractivity contribution in [3.8, 4) is 5.95 Å². The first-order chi connectivity index (χ1) is 13.7. The number of carbonyl (C=O) groups excluding carboxylic acids is 1.